The summed E-state index contributed by atoms with van der Waals surface area (Å²) in [4.78, 5) is 29.2. The molecule has 2 aromatic rings. The van der Waals surface area contributed by atoms with Gasteiger partial charge >= 0.3 is 0 Å². The van der Waals surface area contributed by atoms with Crippen molar-refractivity contribution in [2.45, 2.75) is 12.5 Å². The highest BCUT2D eigenvalue weighted by molar-refractivity contribution is 6.46. The summed E-state index contributed by atoms with van der Waals surface area (Å²) in [5.41, 5.74) is 2.02. The molecule has 7 nitrogen and oxygen atoms in total. The number of hydrogen-bond donors (Lipinski definition) is 2. The Kier molecular flexibility index (Phi) is 5.22. The second kappa shape index (κ2) is 7.84. The summed E-state index contributed by atoms with van der Waals surface area (Å²) in [6.45, 7) is 1.45. The van der Waals surface area contributed by atoms with Gasteiger partial charge < -0.3 is 24.7 Å². The van der Waals surface area contributed by atoms with Crippen molar-refractivity contribution in [3.05, 3.63) is 64.7 Å². The molecule has 0 aliphatic carbocycles. The predicted molar refractivity (Wildman–Crippen MR) is 111 cm³/mol. The first-order chi connectivity index (χ1) is 14.4. The average molecular weight is 408 g/mol. The van der Waals surface area contributed by atoms with E-state index in [1.807, 2.05) is 19.0 Å². The number of carbonyl (C=O) groups excluding carboxylic acids is 2. The minimum absolute atomic E-state index is 0.0281. The lowest BCUT2D eigenvalue weighted by Gasteiger charge is -2.26. The topological polar surface area (TPSA) is 90.3 Å². The van der Waals surface area contributed by atoms with Crippen molar-refractivity contribution in [2.75, 3.05) is 33.8 Å². The minimum Gasteiger partial charge on any atom is -0.508 e. The first-order valence-corrected chi connectivity index (χ1v) is 9.85. The van der Waals surface area contributed by atoms with E-state index in [1.165, 1.54) is 17.0 Å². The third-order valence-electron chi connectivity index (χ3n) is 5.48. The Labute approximate surface area is 174 Å². The van der Waals surface area contributed by atoms with Gasteiger partial charge in [0.15, 0.2) is 0 Å². The number of aliphatic hydroxyl groups is 1. The number of fused-ring (bicyclic) bond motifs is 1. The maximum Gasteiger partial charge on any atom is 0.295 e. The fraction of sp³-hybridized carbons (Fsp3) is 0.304. The van der Waals surface area contributed by atoms with Crippen molar-refractivity contribution in [1.82, 2.24) is 9.80 Å². The van der Waals surface area contributed by atoms with Crippen LogP contribution in [0, 0.1) is 0 Å². The van der Waals surface area contributed by atoms with Crippen LogP contribution in [0.2, 0.25) is 0 Å². The molecule has 1 saturated heterocycles. The molecule has 2 aliphatic rings. The molecule has 7 heteroatoms. The number of phenolic OH excluding ortho intramolecular Hbond substituents is 1. The molecule has 1 unspecified atom stereocenters. The maximum atomic E-state index is 13.0. The normalized spacial score (nSPS) is 20.0. The number of amides is 1. The minimum atomic E-state index is -0.776. The van der Waals surface area contributed by atoms with Gasteiger partial charge in [0.1, 0.15) is 17.3 Å². The summed E-state index contributed by atoms with van der Waals surface area (Å²) >= 11 is 0. The van der Waals surface area contributed by atoms with Gasteiger partial charge in [0.05, 0.1) is 18.2 Å². The fourth-order valence-corrected chi connectivity index (χ4v) is 3.95. The van der Waals surface area contributed by atoms with Gasteiger partial charge in [0.2, 0.25) is 0 Å². The standard InChI is InChI=1S/C23H24N2O5/c1-24(2)9-10-25-20(15-4-3-5-17(26)13-15)19(22(28)23(25)29)21(27)16-6-7-18-14(12-16)8-11-30-18/h3-7,12-13,20,26-27H,8-11H2,1-2H3/b21-19-. The first kappa shape index (κ1) is 20.0. The van der Waals surface area contributed by atoms with Crippen molar-refractivity contribution in [3.8, 4) is 11.5 Å². The van der Waals surface area contributed by atoms with Crippen molar-refractivity contribution < 1.29 is 24.5 Å². The highest BCUT2D eigenvalue weighted by Crippen LogP contribution is 2.40. The summed E-state index contributed by atoms with van der Waals surface area (Å²) in [5, 5.41) is 21.1. The molecule has 0 aromatic heterocycles. The number of benzene rings is 2. The zero-order chi connectivity index (χ0) is 21.4. The number of likely N-dealkylation sites (N-methyl/N-ethyl adjacent to an activating group) is 1. The number of rotatable bonds is 5. The lowest BCUT2D eigenvalue weighted by atomic mass is 9.94. The number of ketones is 1. The van der Waals surface area contributed by atoms with Gasteiger partial charge in [-0.05, 0) is 55.6 Å². The monoisotopic (exact) mass is 408 g/mol. The quantitative estimate of drug-likeness (QED) is 0.448. The van der Waals surface area contributed by atoms with E-state index in [-0.39, 0.29) is 17.1 Å². The van der Waals surface area contributed by atoms with Gasteiger partial charge in [-0.2, -0.15) is 0 Å². The molecule has 1 amide bonds. The third kappa shape index (κ3) is 3.52. The molecule has 0 bridgehead atoms. The van der Waals surface area contributed by atoms with E-state index in [9.17, 15) is 19.8 Å². The average Bonchev–Trinajstić information content (AvgIpc) is 3.28. The number of hydrogen-bond acceptors (Lipinski definition) is 6. The smallest absolute Gasteiger partial charge is 0.295 e. The molecule has 0 spiro atoms. The lowest BCUT2D eigenvalue weighted by Crippen LogP contribution is -2.35. The molecule has 4 rings (SSSR count). The van der Waals surface area contributed by atoms with Crippen LogP contribution in [0.1, 0.15) is 22.7 Å². The molecule has 1 atom stereocenters. The van der Waals surface area contributed by atoms with Crippen molar-refractivity contribution in [3.63, 3.8) is 0 Å². The van der Waals surface area contributed by atoms with Crippen LogP contribution in [0.4, 0.5) is 0 Å². The van der Waals surface area contributed by atoms with E-state index in [0.717, 1.165) is 17.7 Å². The van der Waals surface area contributed by atoms with E-state index in [1.54, 1.807) is 30.3 Å². The predicted octanol–water partition coefficient (Wildman–Crippen LogP) is 2.31. The molecular weight excluding hydrogens is 384 g/mol. The number of aromatic hydroxyl groups is 1. The molecule has 30 heavy (non-hydrogen) atoms. The largest absolute Gasteiger partial charge is 0.508 e. The molecular formula is C23H24N2O5. The second-order valence-electron chi connectivity index (χ2n) is 7.81. The molecule has 156 valence electrons. The van der Waals surface area contributed by atoms with Gasteiger partial charge in [-0.1, -0.05) is 12.1 Å². The van der Waals surface area contributed by atoms with Gasteiger partial charge in [-0.3, -0.25) is 9.59 Å². The number of Topliss-reactive ketones (excluding diaryl/α,β-unsaturated/α-hetero) is 1. The van der Waals surface area contributed by atoms with Crippen LogP contribution in [-0.2, 0) is 16.0 Å². The Morgan fingerprint density at radius 1 is 1.20 bits per heavy atom. The molecule has 2 aromatic carbocycles. The van der Waals surface area contributed by atoms with Crippen molar-refractivity contribution in [2.24, 2.45) is 0 Å². The van der Waals surface area contributed by atoms with E-state index >= 15 is 0 Å². The summed E-state index contributed by atoms with van der Waals surface area (Å²) in [7, 11) is 3.76. The van der Waals surface area contributed by atoms with Crippen LogP contribution >= 0.6 is 0 Å². The molecule has 2 heterocycles. The van der Waals surface area contributed by atoms with Crippen LogP contribution in [0.15, 0.2) is 48.0 Å². The second-order valence-corrected chi connectivity index (χ2v) is 7.81. The summed E-state index contributed by atoms with van der Waals surface area (Å²) in [6, 6.07) is 10.9. The van der Waals surface area contributed by atoms with E-state index in [2.05, 4.69) is 0 Å². The fourth-order valence-electron chi connectivity index (χ4n) is 3.95. The third-order valence-corrected chi connectivity index (χ3v) is 5.48. The Morgan fingerprint density at radius 2 is 2.00 bits per heavy atom. The van der Waals surface area contributed by atoms with Gasteiger partial charge in [0, 0.05) is 25.1 Å². The summed E-state index contributed by atoms with van der Waals surface area (Å²) in [5.74, 6) is -0.806. The highest BCUT2D eigenvalue weighted by atomic mass is 16.5. The molecule has 2 aliphatic heterocycles. The molecule has 1 fully saturated rings. The van der Waals surface area contributed by atoms with E-state index in [0.29, 0.717) is 30.8 Å². The molecule has 0 radical (unpaired) electrons. The number of likely N-dealkylation sites (tertiary alicyclic amines) is 1. The van der Waals surface area contributed by atoms with Gasteiger partial charge in [-0.15, -0.1) is 0 Å². The number of ether oxygens (including phenoxy) is 1. The van der Waals surface area contributed by atoms with Crippen LogP contribution in [0.25, 0.3) is 5.76 Å². The van der Waals surface area contributed by atoms with Crippen LogP contribution in [0.5, 0.6) is 11.5 Å². The number of nitrogens with zero attached hydrogens (tertiary/aromatic N) is 2. The summed E-state index contributed by atoms with van der Waals surface area (Å²) in [6.07, 6.45) is 0.726. The number of phenols is 1. The molecule has 0 saturated carbocycles. The zero-order valence-corrected chi connectivity index (χ0v) is 17.0. The Hall–Kier alpha value is -3.32. The van der Waals surface area contributed by atoms with Gasteiger partial charge in [0.25, 0.3) is 11.7 Å². The first-order valence-electron chi connectivity index (χ1n) is 9.85. The number of aliphatic hydroxyl groups excluding tert-OH is 1. The maximum absolute atomic E-state index is 13.0. The number of carbonyl (C=O) groups is 2. The lowest BCUT2D eigenvalue weighted by molar-refractivity contribution is -0.140. The summed E-state index contributed by atoms with van der Waals surface area (Å²) < 4.78 is 5.51. The van der Waals surface area contributed by atoms with Crippen LogP contribution < -0.4 is 4.74 Å². The van der Waals surface area contributed by atoms with Crippen molar-refractivity contribution in [1.29, 1.82) is 0 Å². The SMILES string of the molecule is CN(C)CCN1C(=O)C(=O)/C(=C(\O)c2ccc3c(c2)CCO3)C1c1cccc(O)c1. The Balaban J connectivity index is 1.83. The highest BCUT2D eigenvalue weighted by Gasteiger charge is 2.46. The van der Waals surface area contributed by atoms with E-state index < -0.39 is 17.7 Å². The Bertz CT molecular complexity index is 1040. The van der Waals surface area contributed by atoms with Crippen LogP contribution in [0.3, 0.4) is 0 Å². The van der Waals surface area contributed by atoms with Crippen LogP contribution in [-0.4, -0.2) is 65.5 Å². The van der Waals surface area contributed by atoms with Crippen molar-refractivity contribution >= 4 is 17.4 Å². The molecule has 2 N–H and O–H groups in total. The van der Waals surface area contributed by atoms with Gasteiger partial charge in [-0.25, -0.2) is 0 Å². The van der Waals surface area contributed by atoms with E-state index in [4.69, 9.17) is 4.74 Å². The zero-order valence-electron chi connectivity index (χ0n) is 17.0. The Morgan fingerprint density at radius 3 is 2.73 bits per heavy atom.